The fraction of sp³-hybridized carbons (Fsp3) is 0.125. The topological polar surface area (TPSA) is 67.4 Å². The van der Waals surface area contributed by atoms with Crippen molar-refractivity contribution in [1.29, 1.82) is 0 Å². The lowest BCUT2D eigenvalue weighted by molar-refractivity contribution is -0.120. The van der Waals surface area contributed by atoms with Crippen LogP contribution in [-0.2, 0) is 11.4 Å². The molecule has 3 amide bonds. The number of amides is 3. The first kappa shape index (κ1) is 14.6. The maximum atomic E-state index is 11.9. The van der Waals surface area contributed by atoms with E-state index in [1.807, 2.05) is 36.4 Å². The van der Waals surface area contributed by atoms with E-state index in [1.54, 1.807) is 12.1 Å². The zero-order valence-electron chi connectivity index (χ0n) is 11.5. The summed E-state index contributed by atoms with van der Waals surface area (Å²) in [6.07, 6.45) is 0. The molecule has 5 nitrogen and oxygen atoms in total. The van der Waals surface area contributed by atoms with E-state index in [0.29, 0.717) is 17.9 Å². The van der Waals surface area contributed by atoms with Gasteiger partial charge < -0.3 is 10.1 Å². The van der Waals surface area contributed by atoms with Gasteiger partial charge in [0.05, 0.1) is 0 Å². The van der Waals surface area contributed by atoms with E-state index in [-0.39, 0.29) is 5.91 Å². The van der Waals surface area contributed by atoms with Crippen LogP contribution < -0.4 is 15.4 Å². The molecule has 0 saturated carbocycles. The third-order valence-electron chi connectivity index (χ3n) is 3.29. The first-order valence-corrected chi connectivity index (χ1v) is 7.50. The third-order valence-corrected chi connectivity index (χ3v) is 3.79. The van der Waals surface area contributed by atoms with E-state index >= 15 is 0 Å². The largest absolute Gasteiger partial charge is 0.489 e. The molecular weight excluding hydrogens is 348 g/mol. The number of carbonyl (C=O) groups is 2. The molecule has 0 aromatic heterocycles. The Kier molecular flexibility index (Phi) is 4.11. The summed E-state index contributed by atoms with van der Waals surface area (Å²) in [7, 11) is 0. The number of ether oxygens (including phenoxy) is 1. The van der Waals surface area contributed by atoms with Gasteiger partial charge in [0.1, 0.15) is 18.4 Å². The average Bonchev–Trinajstić information content (AvgIpc) is 2.85. The molecule has 1 heterocycles. The average molecular weight is 361 g/mol. The van der Waals surface area contributed by atoms with E-state index in [0.717, 1.165) is 10.0 Å². The number of hydrogen-bond acceptors (Lipinski definition) is 3. The number of imide groups is 1. The first-order valence-electron chi connectivity index (χ1n) is 6.71. The fourth-order valence-corrected chi connectivity index (χ4v) is 2.63. The number of hydrogen-bond donors (Lipinski definition) is 2. The van der Waals surface area contributed by atoms with Crippen LogP contribution >= 0.6 is 15.9 Å². The first-order chi connectivity index (χ1) is 10.6. The molecule has 22 heavy (non-hydrogen) atoms. The lowest BCUT2D eigenvalue weighted by Crippen LogP contribution is -2.22. The van der Waals surface area contributed by atoms with Crippen molar-refractivity contribution >= 4 is 27.9 Å². The van der Waals surface area contributed by atoms with Crippen LogP contribution in [0.2, 0.25) is 0 Å². The van der Waals surface area contributed by atoms with Gasteiger partial charge in [-0.3, -0.25) is 10.1 Å². The number of carbonyl (C=O) groups excluding carboxylic acids is 2. The second-order valence-corrected chi connectivity index (χ2v) is 5.77. The molecule has 1 unspecified atom stereocenters. The Hall–Kier alpha value is -2.34. The molecule has 0 spiro atoms. The molecular formula is C16H13BrN2O3. The maximum Gasteiger partial charge on any atom is 0.322 e. The number of halogens is 1. The number of benzene rings is 2. The summed E-state index contributed by atoms with van der Waals surface area (Å²) in [5.74, 6) is 0.182. The molecule has 2 aromatic rings. The predicted molar refractivity (Wildman–Crippen MR) is 84.3 cm³/mol. The van der Waals surface area contributed by atoms with Crippen LogP contribution in [0.5, 0.6) is 5.75 Å². The van der Waals surface area contributed by atoms with Gasteiger partial charge in [0, 0.05) is 10.0 Å². The minimum atomic E-state index is -0.740. The second kappa shape index (κ2) is 6.19. The van der Waals surface area contributed by atoms with E-state index in [9.17, 15) is 9.59 Å². The van der Waals surface area contributed by atoms with Gasteiger partial charge in [0.25, 0.3) is 5.91 Å². The van der Waals surface area contributed by atoms with Crippen molar-refractivity contribution in [3.8, 4) is 5.75 Å². The second-order valence-electron chi connectivity index (χ2n) is 4.85. The molecule has 3 rings (SSSR count). The van der Waals surface area contributed by atoms with Crippen molar-refractivity contribution in [2.45, 2.75) is 12.6 Å². The molecule has 6 heteroatoms. The van der Waals surface area contributed by atoms with Crippen molar-refractivity contribution in [2.24, 2.45) is 0 Å². The Bertz CT molecular complexity index is 719. The van der Waals surface area contributed by atoms with Gasteiger partial charge in [-0.05, 0) is 23.8 Å². The highest BCUT2D eigenvalue weighted by Crippen LogP contribution is 2.30. The molecule has 1 aliphatic rings. The Morgan fingerprint density at radius 2 is 1.86 bits per heavy atom. The van der Waals surface area contributed by atoms with Gasteiger partial charge in [-0.15, -0.1) is 0 Å². The molecule has 1 fully saturated rings. The van der Waals surface area contributed by atoms with Crippen LogP contribution in [0.25, 0.3) is 0 Å². The normalized spacial score (nSPS) is 17.0. The van der Waals surface area contributed by atoms with Crippen molar-refractivity contribution in [3.05, 3.63) is 64.1 Å². The summed E-state index contributed by atoms with van der Waals surface area (Å²) >= 11 is 3.37. The van der Waals surface area contributed by atoms with Crippen LogP contribution in [0.3, 0.4) is 0 Å². The van der Waals surface area contributed by atoms with Gasteiger partial charge in [-0.1, -0.05) is 46.3 Å². The van der Waals surface area contributed by atoms with Gasteiger partial charge in [-0.25, -0.2) is 4.79 Å². The zero-order valence-corrected chi connectivity index (χ0v) is 13.1. The molecule has 2 N–H and O–H groups in total. The molecule has 112 valence electrons. The standard InChI is InChI=1S/C16H13BrN2O3/c17-11-6-7-13(22-9-10-4-2-1-3-5-10)12(8-11)14-15(20)19-16(21)18-14/h1-8,14H,9H2,(H2,18,19,20,21). The SMILES string of the molecule is O=C1NC(=O)C(c2cc(Br)ccc2OCc2ccccc2)N1. The fourth-order valence-electron chi connectivity index (χ4n) is 2.25. The zero-order chi connectivity index (χ0) is 15.5. The highest BCUT2D eigenvalue weighted by atomic mass is 79.9. The molecule has 0 bridgehead atoms. The maximum absolute atomic E-state index is 11.9. The van der Waals surface area contributed by atoms with Crippen LogP contribution in [0.15, 0.2) is 53.0 Å². The van der Waals surface area contributed by atoms with Gasteiger partial charge in [-0.2, -0.15) is 0 Å². The molecule has 1 atom stereocenters. The molecule has 0 aliphatic carbocycles. The number of urea groups is 1. The van der Waals surface area contributed by atoms with Gasteiger partial charge in [0.2, 0.25) is 0 Å². The van der Waals surface area contributed by atoms with Crippen LogP contribution in [0.1, 0.15) is 17.2 Å². The molecule has 0 radical (unpaired) electrons. The Morgan fingerprint density at radius 3 is 2.55 bits per heavy atom. The van der Waals surface area contributed by atoms with E-state index in [2.05, 4.69) is 26.6 Å². The minimum Gasteiger partial charge on any atom is -0.489 e. The summed E-state index contributed by atoms with van der Waals surface area (Å²) < 4.78 is 6.63. The third kappa shape index (κ3) is 3.12. The number of nitrogens with one attached hydrogen (secondary N) is 2. The van der Waals surface area contributed by atoms with E-state index in [1.165, 1.54) is 0 Å². The summed E-state index contributed by atoms with van der Waals surface area (Å²) in [6, 6.07) is 13.9. The van der Waals surface area contributed by atoms with Crippen LogP contribution in [-0.4, -0.2) is 11.9 Å². The highest BCUT2D eigenvalue weighted by Gasteiger charge is 2.33. The lowest BCUT2D eigenvalue weighted by Gasteiger charge is -2.15. The highest BCUT2D eigenvalue weighted by molar-refractivity contribution is 9.10. The van der Waals surface area contributed by atoms with Crippen molar-refractivity contribution < 1.29 is 14.3 Å². The Labute approximate surface area is 135 Å². The van der Waals surface area contributed by atoms with E-state index in [4.69, 9.17) is 4.74 Å². The summed E-state index contributed by atoms with van der Waals surface area (Å²) in [5.41, 5.74) is 1.64. The molecule has 1 aliphatic heterocycles. The quantitative estimate of drug-likeness (QED) is 0.823. The predicted octanol–water partition coefficient (Wildman–Crippen LogP) is 2.91. The molecule has 2 aromatic carbocycles. The minimum absolute atomic E-state index is 0.382. The smallest absolute Gasteiger partial charge is 0.322 e. The molecule has 1 saturated heterocycles. The lowest BCUT2D eigenvalue weighted by atomic mass is 10.1. The van der Waals surface area contributed by atoms with Crippen LogP contribution in [0, 0.1) is 0 Å². The number of rotatable bonds is 4. The summed E-state index contributed by atoms with van der Waals surface area (Å²) in [6.45, 7) is 0.387. The summed E-state index contributed by atoms with van der Waals surface area (Å²) in [4.78, 5) is 23.2. The van der Waals surface area contributed by atoms with Gasteiger partial charge >= 0.3 is 6.03 Å². The Morgan fingerprint density at radius 1 is 1.09 bits per heavy atom. The van der Waals surface area contributed by atoms with Crippen LogP contribution in [0.4, 0.5) is 4.79 Å². The van der Waals surface area contributed by atoms with E-state index < -0.39 is 12.1 Å². The van der Waals surface area contributed by atoms with Crippen molar-refractivity contribution in [1.82, 2.24) is 10.6 Å². The van der Waals surface area contributed by atoms with Gasteiger partial charge in [0.15, 0.2) is 0 Å². The monoisotopic (exact) mass is 360 g/mol. The van der Waals surface area contributed by atoms with Crippen molar-refractivity contribution in [3.63, 3.8) is 0 Å². The summed E-state index contributed by atoms with van der Waals surface area (Å²) in [5, 5.41) is 4.81. The Balaban J connectivity index is 1.85. The van der Waals surface area contributed by atoms with Crippen molar-refractivity contribution in [2.75, 3.05) is 0 Å².